The standard InChI is InChI=1S/C13H20N4O6/c1-6(12(14)21)3-7-4-17(16-15-7)5-8-9(18)10(19)11(20)13(22-2)23-8/h3-4,8-11,13,18-20H,5H2,1-2H3,(H2,14,21). The van der Waals surface area contributed by atoms with Crippen LogP contribution in [0.2, 0.25) is 0 Å². The van der Waals surface area contributed by atoms with Crippen molar-refractivity contribution >= 4 is 12.0 Å². The number of carbonyl (C=O) groups excluding carboxylic acids is 1. The van der Waals surface area contributed by atoms with Crippen LogP contribution in [0.5, 0.6) is 0 Å². The molecule has 2 heterocycles. The summed E-state index contributed by atoms with van der Waals surface area (Å²) in [6.45, 7) is 1.62. The number of nitrogens with zero attached hydrogens (tertiary/aromatic N) is 3. The average Bonchev–Trinajstić information content (AvgIpc) is 2.94. The third kappa shape index (κ3) is 3.92. The molecule has 10 heteroatoms. The van der Waals surface area contributed by atoms with Gasteiger partial charge in [0.2, 0.25) is 5.91 Å². The van der Waals surface area contributed by atoms with E-state index in [2.05, 4.69) is 10.3 Å². The number of primary amides is 1. The molecule has 1 aromatic heterocycles. The van der Waals surface area contributed by atoms with Crippen molar-refractivity contribution in [1.82, 2.24) is 15.0 Å². The van der Waals surface area contributed by atoms with E-state index in [-0.39, 0.29) is 6.54 Å². The second-order valence-corrected chi connectivity index (χ2v) is 5.31. The molecule has 1 aliphatic heterocycles. The number of methoxy groups -OCH3 is 1. The number of aliphatic hydroxyl groups excluding tert-OH is 3. The first-order valence-corrected chi connectivity index (χ1v) is 6.94. The number of rotatable bonds is 5. The molecule has 5 atom stereocenters. The third-order valence-corrected chi connectivity index (χ3v) is 3.58. The number of aliphatic hydroxyl groups is 3. The summed E-state index contributed by atoms with van der Waals surface area (Å²) >= 11 is 0. The Labute approximate surface area is 132 Å². The highest BCUT2D eigenvalue weighted by atomic mass is 16.7. The molecule has 0 aromatic carbocycles. The van der Waals surface area contributed by atoms with Crippen LogP contribution in [-0.4, -0.2) is 74.0 Å². The van der Waals surface area contributed by atoms with Crippen LogP contribution in [0.4, 0.5) is 0 Å². The zero-order valence-corrected chi connectivity index (χ0v) is 12.7. The van der Waals surface area contributed by atoms with E-state index in [0.717, 1.165) is 0 Å². The lowest BCUT2D eigenvalue weighted by Gasteiger charge is -2.39. The molecule has 2 rings (SSSR count). The maximum Gasteiger partial charge on any atom is 0.244 e. The topological polar surface area (TPSA) is 153 Å². The monoisotopic (exact) mass is 328 g/mol. The van der Waals surface area contributed by atoms with Gasteiger partial charge in [0, 0.05) is 12.7 Å². The first-order chi connectivity index (χ1) is 10.8. The fourth-order valence-electron chi connectivity index (χ4n) is 2.21. The van der Waals surface area contributed by atoms with Crippen LogP contribution in [0.3, 0.4) is 0 Å². The molecule has 0 aliphatic carbocycles. The second-order valence-electron chi connectivity index (χ2n) is 5.31. The van der Waals surface area contributed by atoms with Crippen molar-refractivity contribution in [3.63, 3.8) is 0 Å². The Balaban J connectivity index is 2.08. The largest absolute Gasteiger partial charge is 0.388 e. The quantitative estimate of drug-likeness (QED) is 0.437. The average molecular weight is 328 g/mol. The molecule has 1 amide bonds. The summed E-state index contributed by atoms with van der Waals surface area (Å²) in [7, 11) is 1.32. The van der Waals surface area contributed by atoms with Gasteiger partial charge in [0.1, 0.15) is 30.1 Å². The number of carbonyl (C=O) groups is 1. The highest BCUT2D eigenvalue weighted by Gasteiger charge is 2.44. The molecule has 1 aromatic rings. The fraction of sp³-hybridized carbons (Fsp3) is 0.615. The lowest BCUT2D eigenvalue weighted by Crippen LogP contribution is -2.58. The summed E-state index contributed by atoms with van der Waals surface area (Å²) in [6, 6.07) is 0. The fourth-order valence-corrected chi connectivity index (χ4v) is 2.21. The summed E-state index contributed by atoms with van der Waals surface area (Å²) in [5.41, 5.74) is 5.87. The van der Waals surface area contributed by atoms with Gasteiger partial charge in [-0.05, 0) is 13.0 Å². The molecule has 1 fully saturated rings. The van der Waals surface area contributed by atoms with Crippen LogP contribution < -0.4 is 5.73 Å². The highest BCUT2D eigenvalue weighted by Crippen LogP contribution is 2.22. The maximum atomic E-state index is 11.0. The number of nitrogens with two attached hydrogens (primary N) is 1. The maximum absolute atomic E-state index is 11.0. The van der Waals surface area contributed by atoms with Crippen LogP contribution in [0, 0.1) is 0 Å². The molecule has 23 heavy (non-hydrogen) atoms. The van der Waals surface area contributed by atoms with Crippen molar-refractivity contribution < 1.29 is 29.6 Å². The number of amides is 1. The first kappa shape index (κ1) is 17.5. The van der Waals surface area contributed by atoms with Gasteiger partial charge in [0.25, 0.3) is 0 Å². The smallest absolute Gasteiger partial charge is 0.244 e. The van der Waals surface area contributed by atoms with Gasteiger partial charge in [-0.3, -0.25) is 4.79 Å². The summed E-state index contributed by atoms with van der Waals surface area (Å²) in [4.78, 5) is 11.0. The van der Waals surface area contributed by atoms with Gasteiger partial charge in [-0.1, -0.05) is 5.21 Å². The Morgan fingerprint density at radius 2 is 2.13 bits per heavy atom. The summed E-state index contributed by atoms with van der Waals surface area (Å²) in [5.74, 6) is -0.564. The summed E-state index contributed by atoms with van der Waals surface area (Å²) < 4.78 is 11.7. The molecule has 0 spiro atoms. The first-order valence-electron chi connectivity index (χ1n) is 6.94. The van der Waals surface area contributed by atoms with Gasteiger partial charge in [-0.15, -0.1) is 5.10 Å². The Morgan fingerprint density at radius 1 is 1.43 bits per heavy atom. The van der Waals surface area contributed by atoms with E-state index >= 15 is 0 Å². The minimum atomic E-state index is -1.40. The molecular formula is C13H20N4O6. The summed E-state index contributed by atoms with van der Waals surface area (Å²) in [6.07, 6.45) is -2.97. The van der Waals surface area contributed by atoms with Crippen LogP contribution in [0.1, 0.15) is 12.6 Å². The second kappa shape index (κ2) is 7.15. The van der Waals surface area contributed by atoms with Crippen LogP contribution in [0.25, 0.3) is 6.08 Å². The lowest BCUT2D eigenvalue weighted by molar-refractivity contribution is -0.292. The predicted octanol–water partition coefficient (Wildman–Crippen LogP) is -2.38. The van der Waals surface area contributed by atoms with Gasteiger partial charge < -0.3 is 30.5 Å². The van der Waals surface area contributed by atoms with E-state index in [1.165, 1.54) is 24.1 Å². The highest BCUT2D eigenvalue weighted by molar-refractivity contribution is 5.95. The molecule has 5 N–H and O–H groups in total. The van der Waals surface area contributed by atoms with Crippen molar-refractivity contribution in [2.45, 2.75) is 44.2 Å². The SMILES string of the molecule is COC1OC(Cn2cc(C=C(C)C(N)=O)nn2)C(O)C(O)C1O. The molecule has 0 radical (unpaired) electrons. The zero-order valence-electron chi connectivity index (χ0n) is 12.7. The third-order valence-electron chi connectivity index (χ3n) is 3.58. The molecule has 1 aliphatic rings. The van der Waals surface area contributed by atoms with E-state index in [1.54, 1.807) is 6.92 Å². The molecule has 1 saturated heterocycles. The van der Waals surface area contributed by atoms with E-state index in [1.807, 2.05) is 0 Å². The minimum absolute atomic E-state index is 0.0707. The molecule has 128 valence electrons. The van der Waals surface area contributed by atoms with Gasteiger partial charge in [0.05, 0.1) is 12.7 Å². The van der Waals surface area contributed by atoms with Gasteiger partial charge in [-0.25, -0.2) is 4.68 Å². The number of hydrogen-bond donors (Lipinski definition) is 4. The van der Waals surface area contributed by atoms with Crippen molar-refractivity contribution in [2.75, 3.05) is 7.11 Å². The summed E-state index contributed by atoms with van der Waals surface area (Å²) in [5, 5.41) is 37.2. The van der Waals surface area contributed by atoms with Crippen LogP contribution >= 0.6 is 0 Å². The minimum Gasteiger partial charge on any atom is -0.388 e. The van der Waals surface area contributed by atoms with Crippen molar-refractivity contribution in [2.24, 2.45) is 5.73 Å². The molecule has 0 bridgehead atoms. The van der Waals surface area contributed by atoms with Crippen LogP contribution in [0.15, 0.2) is 11.8 Å². The molecule has 10 nitrogen and oxygen atoms in total. The van der Waals surface area contributed by atoms with Crippen molar-refractivity contribution in [3.05, 3.63) is 17.5 Å². The molecular weight excluding hydrogens is 308 g/mol. The number of aromatic nitrogens is 3. The van der Waals surface area contributed by atoms with Gasteiger partial charge >= 0.3 is 0 Å². The van der Waals surface area contributed by atoms with Crippen molar-refractivity contribution in [3.8, 4) is 0 Å². The van der Waals surface area contributed by atoms with Gasteiger partial charge in [0.15, 0.2) is 6.29 Å². The Kier molecular flexibility index (Phi) is 5.44. The van der Waals surface area contributed by atoms with E-state index < -0.39 is 36.6 Å². The molecule has 0 saturated carbocycles. The lowest BCUT2D eigenvalue weighted by atomic mass is 9.99. The Bertz CT molecular complexity index is 587. The van der Waals surface area contributed by atoms with E-state index in [0.29, 0.717) is 11.3 Å². The van der Waals surface area contributed by atoms with Crippen LogP contribution in [-0.2, 0) is 20.8 Å². The van der Waals surface area contributed by atoms with E-state index in [4.69, 9.17) is 15.2 Å². The predicted molar refractivity (Wildman–Crippen MR) is 76.6 cm³/mol. The number of ether oxygens (including phenoxy) is 2. The van der Waals surface area contributed by atoms with Crippen molar-refractivity contribution in [1.29, 1.82) is 0 Å². The molecule has 5 unspecified atom stereocenters. The Morgan fingerprint density at radius 3 is 2.74 bits per heavy atom. The number of hydrogen-bond acceptors (Lipinski definition) is 8. The van der Waals surface area contributed by atoms with E-state index in [9.17, 15) is 20.1 Å². The Hall–Kier alpha value is -1.85. The van der Waals surface area contributed by atoms with Gasteiger partial charge in [-0.2, -0.15) is 0 Å². The zero-order chi connectivity index (χ0) is 17.1. The normalized spacial score (nSPS) is 32.0.